The molecule has 2 N–H and O–H groups in total. The van der Waals surface area contributed by atoms with Crippen molar-refractivity contribution in [2.45, 2.75) is 19.3 Å². The summed E-state index contributed by atoms with van der Waals surface area (Å²) in [4.78, 5) is 0. The number of fused-ring (bicyclic) bond motifs is 1. The minimum absolute atomic E-state index is 0.253. The molecule has 0 aliphatic rings. The van der Waals surface area contributed by atoms with Crippen molar-refractivity contribution in [2.24, 2.45) is 5.73 Å². The van der Waals surface area contributed by atoms with Gasteiger partial charge in [-0.05, 0) is 47.9 Å². The predicted octanol–water partition coefficient (Wildman–Crippen LogP) is 4.52. The lowest BCUT2D eigenvalue weighted by Gasteiger charge is -2.20. The van der Waals surface area contributed by atoms with Crippen molar-refractivity contribution in [2.75, 3.05) is 13.2 Å². The minimum Gasteiger partial charge on any atom is -0.494 e. The highest BCUT2D eigenvalue weighted by Crippen LogP contribution is 2.31. The van der Waals surface area contributed by atoms with Crippen LogP contribution in [0, 0.1) is 0 Å². The fourth-order valence-corrected chi connectivity index (χ4v) is 3.16. The van der Waals surface area contributed by atoms with E-state index in [2.05, 4.69) is 54.6 Å². The van der Waals surface area contributed by atoms with Crippen LogP contribution >= 0.6 is 0 Å². The first kappa shape index (κ1) is 15.6. The van der Waals surface area contributed by atoms with Gasteiger partial charge in [0.1, 0.15) is 5.75 Å². The summed E-state index contributed by atoms with van der Waals surface area (Å²) < 4.78 is 5.79. The zero-order chi connectivity index (χ0) is 16.1. The third-order valence-corrected chi connectivity index (χ3v) is 4.29. The third-order valence-electron chi connectivity index (χ3n) is 4.29. The van der Waals surface area contributed by atoms with Crippen molar-refractivity contribution in [1.82, 2.24) is 0 Å². The van der Waals surface area contributed by atoms with Crippen molar-refractivity contribution in [1.29, 1.82) is 0 Å². The SMILES string of the molecule is CCOc1ccccc1C(CN)Cc1cccc2ccccc12. The summed E-state index contributed by atoms with van der Waals surface area (Å²) >= 11 is 0. The molecule has 0 spiro atoms. The number of para-hydroxylation sites is 1. The zero-order valence-corrected chi connectivity index (χ0v) is 13.5. The quantitative estimate of drug-likeness (QED) is 0.726. The van der Waals surface area contributed by atoms with E-state index < -0.39 is 0 Å². The molecule has 0 saturated carbocycles. The molecule has 1 atom stereocenters. The van der Waals surface area contributed by atoms with Gasteiger partial charge in [0, 0.05) is 5.92 Å². The molecular formula is C21H23NO. The second-order valence-corrected chi connectivity index (χ2v) is 5.75. The number of ether oxygens (including phenoxy) is 1. The summed E-state index contributed by atoms with van der Waals surface area (Å²) in [7, 11) is 0. The lowest BCUT2D eigenvalue weighted by Crippen LogP contribution is -2.16. The summed E-state index contributed by atoms with van der Waals surface area (Å²) in [6, 6.07) is 23.2. The highest BCUT2D eigenvalue weighted by Gasteiger charge is 2.16. The molecule has 0 aliphatic carbocycles. The Labute approximate surface area is 137 Å². The van der Waals surface area contributed by atoms with Gasteiger partial charge in [-0.3, -0.25) is 0 Å². The molecule has 0 amide bonds. The van der Waals surface area contributed by atoms with Crippen molar-refractivity contribution < 1.29 is 4.74 Å². The number of rotatable bonds is 6. The molecular weight excluding hydrogens is 282 g/mol. The molecule has 3 aromatic carbocycles. The van der Waals surface area contributed by atoms with Crippen molar-refractivity contribution in [3.63, 3.8) is 0 Å². The van der Waals surface area contributed by atoms with Crippen LogP contribution in [0.4, 0.5) is 0 Å². The van der Waals surface area contributed by atoms with Gasteiger partial charge in [0.15, 0.2) is 0 Å². The fraction of sp³-hybridized carbons (Fsp3) is 0.238. The second-order valence-electron chi connectivity index (χ2n) is 5.75. The lowest BCUT2D eigenvalue weighted by molar-refractivity contribution is 0.334. The van der Waals surface area contributed by atoms with E-state index in [9.17, 15) is 0 Å². The molecule has 0 fully saturated rings. The summed E-state index contributed by atoms with van der Waals surface area (Å²) in [5, 5.41) is 2.58. The van der Waals surface area contributed by atoms with Crippen molar-refractivity contribution in [3.8, 4) is 5.75 Å². The van der Waals surface area contributed by atoms with Gasteiger partial charge in [0.2, 0.25) is 0 Å². The average molecular weight is 305 g/mol. The van der Waals surface area contributed by atoms with E-state index in [0.717, 1.165) is 12.2 Å². The first-order valence-electron chi connectivity index (χ1n) is 8.22. The van der Waals surface area contributed by atoms with E-state index in [1.54, 1.807) is 0 Å². The van der Waals surface area contributed by atoms with Gasteiger partial charge in [-0.1, -0.05) is 60.7 Å². The molecule has 0 saturated heterocycles. The first-order chi connectivity index (χ1) is 11.3. The zero-order valence-electron chi connectivity index (χ0n) is 13.5. The second kappa shape index (κ2) is 7.30. The van der Waals surface area contributed by atoms with Crippen LogP contribution in [0.5, 0.6) is 5.75 Å². The molecule has 0 aromatic heterocycles. The van der Waals surface area contributed by atoms with E-state index in [1.165, 1.54) is 21.9 Å². The Morgan fingerprint density at radius 2 is 1.65 bits per heavy atom. The van der Waals surface area contributed by atoms with Gasteiger partial charge in [0.05, 0.1) is 6.61 Å². The summed E-state index contributed by atoms with van der Waals surface area (Å²) in [5.41, 5.74) is 8.64. The van der Waals surface area contributed by atoms with Crippen LogP contribution < -0.4 is 10.5 Å². The van der Waals surface area contributed by atoms with Gasteiger partial charge in [-0.15, -0.1) is 0 Å². The first-order valence-corrected chi connectivity index (χ1v) is 8.22. The van der Waals surface area contributed by atoms with E-state index >= 15 is 0 Å². The standard InChI is InChI=1S/C21H23NO/c1-2-23-21-13-6-5-12-20(21)18(15-22)14-17-10-7-9-16-8-3-4-11-19(16)17/h3-13,18H,2,14-15,22H2,1H3. The molecule has 2 nitrogen and oxygen atoms in total. The smallest absolute Gasteiger partial charge is 0.122 e. The van der Waals surface area contributed by atoms with Crippen molar-refractivity contribution >= 4 is 10.8 Å². The summed E-state index contributed by atoms with van der Waals surface area (Å²) in [6.07, 6.45) is 0.919. The lowest BCUT2D eigenvalue weighted by atomic mass is 9.89. The van der Waals surface area contributed by atoms with Crippen LogP contribution in [0.25, 0.3) is 10.8 Å². The largest absolute Gasteiger partial charge is 0.494 e. The van der Waals surface area contributed by atoms with Crippen LogP contribution in [0.1, 0.15) is 24.0 Å². The highest BCUT2D eigenvalue weighted by molar-refractivity contribution is 5.85. The molecule has 0 aliphatic heterocycles. The Balaban J connectivity index is 1.96. The molecule has 0 radical (unpaired) electrons. The van der Waals surface area contributed by atoms with Crippen LogP contribution in [0.15, 0.2) is 66.7 Å². The number of nitrogens with two attached hydrogens (primary N) is 1. The van der Waals surface area contributed by atoms with Crippen LogP contribution in [0.3, 0.4) is 0 Å². The van der Waals surface area contributed by atoms with Gasteiger partial charge < -0.3 is 10.5 Å². The Morgan fingerprint density at radius 1 is 0.913 bits per heavy atom. The van der Waals surface area contributed by atoms with Gasteiger partial charge >= 0.3 is 0 Å². The van der Waals surface area contributed by atoms with Crippen LogP contribution in [0.2, 0.25) is 0 Å². The maximum atomic E-state index is 6.11. The molecule has 0 heterocycles. The number of hydrogen-bond donors (Lipinski definition) is 1. The maximum absolute atomic E-state index is 6.11. The Morgan fingerprint density at radius 3 is 2.48 bits per heavy atom. The number of benzene rings is 3. The molecule has 118 valence electrons. The molecule has 23 heavy (non-hydrogen) atoms. The van der Waals surface area contributed by atoms with Crippen LogP contribution in [-0.4, -0.2) is 13.2 Å². The van der Waals surface area contributed by atoms with Gasteiger partial charge in [0.25, 0.3) is 0 Å². The van der Waals surface area contributed by atoms with E-state index in [4.69, 9.17) is 10.5 Å². The molecule has 1 unspecified atom stereocenters. The average Bonchev–Trinajstić information content (AvgIpc) is 2.61. The minimum atomic E-state index is 0.253. The Kier molecular flexibility index (Phi) is 4.94. The normalized spacial score (nSPS) is 12.3. The molecule has 2 heteroatoms. The van der Waals surface area contributed by atoms with E-state index in [-0.39, 0.29) is 5.92 Å². The topological polar surface area (TPSA) is 35.2 Å². The number of hydrogen-bond acceptors (Lipinski definition) is 2. The third kappa shape index (κ3) is 3.38. The van der Waals surface area contributed by atoms with E-state index in [0.29, 0.717) is 13.2 Å². The summed E-state index contributed by atoms with van der Waals surface area (Å²) in [5.74, 6) is 1.20. The van der Waals surface area contributed by atoms with Gasteiger partial charge in [-0.25, -0.2) is 0 Å². The summed E-state index contributed by atoms with van der Waals surface area (Å²) in [6.45, 7) is 3.29. The van der Waals surface area contributed by atoms with Crippen molar-refractivity contribution in [3.05, 3.63) is 77.9 Å². The van der Waals surface area contributed by atoms with Crippen LogP contribution in [-0.2, 0) is 6.42 Å². The van der Waals surface area contributed by atoms with Gasteiger partial charge in [-0.2, -0.15) is 0 Å². The highest BCUT2D eigenvalue weighted by atomic mass is 16.5. The molecule has 0 bridgehead atoms. The Hall–Kier alpha value is -2.32. The predicted molar refractivity (Wildman–Crippen MR) is 97.1 cm³/mol. The molecule has 3 rings (SSSR count). The molecule has 3 aromatic rings. The Bertz CT molecular complexity index is 776. The monoisotopic (exact) mass is 305 g/mol. The fourth-order valence-electron chi connectivity index (χ4n) is 3.16. The van der Waals surface area contributed by atoms with E-state index in [1.807, 2.05) is 19.1 Å². The maximum Gasteiger partial charge on any atom is 0.122 e.